The molecule has 39 heavy (non-hydrogen) atoms. The van der Waals surface area contributed by atoms with E-state index in [0.717, 1.165) is 10.6 Å². The fraction of sp³-hybridized carbons (Fsp3) is 0. The van der Waals surface area contributed by atoms with Crippen LogP contribution in [-0.2, 0) is 0 Å². The first-order valence-electron chi connectivity index (χ1n) is 13.0. The molecule has 0 spiro atoms. The number of thiophene rings is 1. The third-order valence-electron chi connectivity index (χ3n) is 7.65. The fourth-order valence-corrected chi connectivity index (χ4v) is 7.28. The number of nitrogens with zero attached hydrogens (tertiary/aromatic N) is 1. The summed E-state index contributed by atoms with van der Waals surface area (Å²) < 4.78 is 4.97. The maximum atomic E-state index is 6.33. The molecule has 2 aromatic heterocycles. The van der Waals surface area contributed by atoms with Gasteiger partial charge in [-0.3, -0.25) is 0 Å². The van der Waals surface area contributed by atoms with Gasteiger partial charge in [-0.05, 0) is 70.8 Å². The van der Waals surface area contributed by atoms with Crippen LogP contribution < -0.4 is 0 Å². The van der Waals surface area contributed by atoms with Gasteiger partial charge in [-0.25, -0.2) is 0 Å². The molecule has 8 aromatic rings. The Morgan fingerprint density at radius 2 is 1.23 bits per heavy atom. The molecule has 0 atom stereocenters. The lowest BCUT2D eigenvalue weighted by atomic mass is 9.99. The maximum Gasteiger partial charge on any atom is 0.0547 e. The number of rotatable bonds is 3. The first kappa shape index (κ1) is 22.6. The third kappa shape index (κ3) is 3.60. The Morgan fingerprint density at radius 3 is 2.13 bits per heavy atom. The summed E-state index contributed by atoms with van der Waals surface area (Å²) in [5.74, 6) is 0. The summed E-state index contributed by atoms with van der Waals surface area (Å²) in [6, 6.07) is 47.8. The summed E-state index contributed by atoms with van der Waals surface area (Å²) in [6.45, 7) is 0. The van der Waals surface area contributed by atoms with Crippen LogP contribution in [0.15, 0.2) is 133 Å². The molecule has 1 nitrogen and oxygen atoms in total. The van der Waals surface area contributed by atoms with Crippen molar-refractivity contribution in [2.45, 2.75) is 0 Å². The molecule has 6 aromatic carbocycles. The Bertz CT molecular complexity index is 2190. The third-order valence-corrected chi connectivity index (χ3v) is 9.11. The number of aromatic nitrogens is 1. The van der Waals surface area contributed by atoms with Crippen molar-refractivity contribution in [3.63, 3.8) is 0 Å². The van der Waals surface area contributed by atoms with Gasteiger partial charge in [0.05, 0.1) is 11.0 Å². The Labute approximate surface area is 235 Å². The molecule has 0 amide bonds. The molecule has 0 radical (unpaired) electrons. The van der Waals surface area contributed by atoms with Gasteiger partial charge in [0, 0.05) is 41.7 Å². The zero-order chi connectivity index (χ0) is 25.9. The van der Waals surface area contributed by atoms with E-state index in [1.807, 2.05) is 29.5 Å². The monoisotopic (exact) mass is 535 g/mol. The molecule has 0 unspecified atom stereocenters. The lowest BCUT2D eigenvalue weighted by molar-refractivity contribution is 1.18. The van der Waals surface area contributed by atoms with E-state index in [4.69, 9.17) is 11.6 Å². The molecule has 0 aliphatic carbocycles. The molecule has 0 saturated carbocycles. The van der Waals surface area contributed by atoms with Crippen molar-refractivity contribution in [1.29, 1.82) is 0 Å². The number of fused-ring (bicyclic) bond motifs is 6. The van der Waals surface area contributed by atoms with Gasteiger partial charge >= 0.3 is 0 Å². The lowest BCUT2D eigenvalue weighted by Crippen LogP contribution is -1.93. The van der Waals surface area contributed by atoms with Gasteiger partial charge in [0.2, 0.25) is 0 Å². The highest BCUT2D eigenvalue weighted by Crippen LogP contribution is 2.42. The molecule has 0 bridgehead atoms. The van der Waals surface area contributed by atoms with Gasteiger partial charge in [0.1, 0.15) is 0 Å². The Hall–Kier alpha value is -4.37. The fourth-order valence-electron chi connectivity index (χ4n) is 5.87. The number of halogens is 1. The highest BCUT2D eigenvalue weighted by atomic mass is 35.5. The molecule has 3 heteroatoms. The van der Waals surface area contributed by atoms with E-state index in [9.17, 15) is 0 Å². The standard InChI is InChI=1S/C36H22ClNS/c37-26-9-6-8-25(20-26)28-13-7-14-31-32-21-23(17-19-35(32)39-36(28)31)24-16-18-30-29-12-4-5-15-33(29)38(34(30)22-24)27-10-2-1-3-11-27/h1-22H. The van der Waals surface area contributed by atoms with Crippen LogP contribution in [0.5, 0.6) is 0 Å². The zero-order valence-corrected chi connectivity index (χ0v) is 22.5. The number of hydrogen-bond acceptors (Lipinski definition) is 1. The average molecular weight is 536 g/mol. The van der Waals surface area contributed by atoms with Crippen LogP contribution in [0.4, 0.5) is 0 Å². The van der Waals surface area contributed by atoms with Crippen molar-refractivity contribution in [3.8, 4) is 27.9 Å². The molecule has 2 heterocycles. The van der Waals surface area contributed by atoms with E-state index >= 15 is 0 Å². The minimum Gasteiger partial charge on any atom is -0.309 e. The molecular weight excluding hydrogens is 514 g/mol. The van der Waals surface area contributed by atoms with E-state index in [-0.39, 0.29) is 0 Å². The van der Waals surface area contributed by atoms with Gasteiger partial charge in [0.25, 0.3) is 0 Å². The molecule has 184 valence electrons. The second-order valence-electron chi connectivity index (χ2n) is 9.93. The number of hydrogen-bond donors (Lipinski definition) is 0. The molecular formula is C36H22ClNS. The highest BCUT2D eigenvalue weighted by molar-refractivity contribution is 7.26. The molecule has 0 aliphatic heterocycles. The SMILES string of the molecule is Clc1cccc(-c2cccc3c2sc2ccc(-c4ccc5c6ccccc6n(-c6ccccc6)c5c4)cc23)c1. The molecule has 0 N–H and O–H groups in total. The number of benzene rings is 6. The van der Waals surface area contributed by atoms with Crippen LogP contribution in [0, 0.1) is 0 Å². The van der Waals surface area contributed by atoms with Crippen molar-refractivity contribution < 1.29 is 0 Å². The van der Waals surface area contributed by atoms with Crippen LogP contribution in [0.3, 0.4) is 0 Å². The van der Waals surface area contributed by atoms with Crippen molar-refractivity contribution >= 4 is 64.9 Å². The van der Waals surface area contributed by atoms with Crippen molar-refractivity contribution in [2.24, 2.45) is 0 Å². The molecule has 0 saturated heterocycles. The van der Waals surface area contributed by atoms with Gasteiger partial charge in [-0.15, -0.1) is 11.3 Å². The van der Waals surface area contributed by atoms with Crippen LogP contribution in [0.2, 0.25) is 5.02 Å². The largest absolute Gasteiger partial charge is 0.309 e. The van der Waals surface area contributed by atoms with E-state index in [1.54, 1.807) is 0 Å². The Morgan fingerprint density at radius 1 is 0.487 bits per heavy atom. The number of para-hydroxylation sites is 2. The van der Waals surface area contributed by atoms with Crippen molar-refractivity contribution in [3.05, 3.63) is 138 Å². The second kappa shape index (κ2) is 8.84. The summed E-state index contributed by atoms with van der Waals surface area (Å²) in [5, 5.41) is 5.88. The minimum absolute atomic E-state index is 0.760. The molecule has 8 rings (SSSR count). The van der Waals surface area contributed by atoms with Crippen molar-refractivity contribution in [1.82, 2.24) is 4.57 Å². The lowest BCUT2D eigenvalue weighted by Gasteiger charge is -2.09. The average Bonchev–Trinajstić information content (AvgIpc) is 3.52. The van der Waals surface area contributed by atoms with Crippen LogP contribution in [0.1, 0.15) is 0 Å². The highest BCUT2D eigenvalue weighted by Gasteiger charge is 2.15. The topological polar surface area (TPSA) is 4.93 Å². The minimum atomic E-state index is 0.760. The smallest absolute Gasteiger partial charge is 0.0547 e. The van der Waals surface area contributed by atoms with Gasteiger partial charge in [0.15, 0.2) is 0 Å². The summed E-state index contributed by atoms with van der Waals surface area (Å²) in [6.07, 6.45) is 0. The summed E-state index contributed by atoms with van der Waals surface area (Å²) >= 11 is 8.18. The van der Waals surface area contributed by atoms with Crippen LogP contribution in [0.25, 0.3) is 69.9 Å². The first-order chi connectivity index (χ1) is 19.2. The normalized spacial score (nSPS) is 11.7. The van der Waals surface area contributed by atoms with E-state index in [2.05, 4.69) is 120 Å². The van der Waals surface area contributed by atoms with Crippen molar-refractivity contribution in [2.75, 3.05) is 0 Å². The zero-order valence-electron chi connectivity index (χ0n) is 20.9. The quantitative estimate of drug-likeness (QED) is 0.212. The molecule has 0 aliphatic rings. The summed E-state index contributed by atoms with van der Waals surface area (Å²) in [7, 11) is 0. The van der Waals surface area contributed by atoms with Crippen LogP contribution in [-0.4, -0.2) is 4.57 Å². The predicted octanol–water partition coefficient (Wildman–Crippen LogP) is 11.1. The van der Waals surface area contributed by atoms with Gasteiger partial charge in [-0.1, -0.05) is 96.5 Å². The maximum absolute atomic E-state index is 6.33. The molecule has 0 fully saturated rings. The van der Waals surface area contributed by atoms with Gasteiger partial charge in [-0.2, -0.15) is 0 Å². The van der Waals surface area contributed by atoms with Gasteiger partial charge < -0.3 is 4.57 Å². The van der Waals surface area contributed by atoms with E-state index in [0.29, 0.717) is 0 Å². The second-order valence-corrected chi connectivity index (χ2v) is 11.4. The summed E-state index contributed by atoms with van der Waals surface area (Å²) in [5.41, 5.74) is 8.44. The Balaban J connectivity index is 1.33. The predicted molar refractivity (Wildman–Crippen MR) is 170 cm³/mol. The van der Waals surface area contributed by atoms with Crippen LogP contribution >= 0.6 is 22.9 Å². The summed E-state index contributed by atoms with van der Waals surface area (Å²) in [4.78, 5) is 0. The van der Waals surface area contributed by atoms with E-state index in [1.165, 1.54) is 64.4 Å². The van der Waals surface area contributed by atoms with E-state index < -0.39 is 0 Å². The Kier molecular flexibility index (Phi) is 5.12. The first-order valence-corrected chi connectivity index (χ1v) is 14.2.